The predicted molar refractivity (Wildman–Crippen MR) is 62.2 cm³/mol. The van der Waals surface area contributed by atoms with Crippen LogP contribution in [0.2, 0.25) is 0 Å². The molecule has 0 bridgehead atoms. The van der Waals surface area contributed by atoms with Crippen molar-refractivity contribution in [2.75, 3.05) is 13.2 Å². The summed E-state index contributed by atoms with van der Waals surface area (Å²) in [6.45, 7) is 6.15. The maximum absolute atomic E-state index is 11.7. The Bertz CT molecular complexity index is 375. The molecule has 0 aliphatic heterocycles. The lowest BCUT2D eigenvalue weighted by molar-refractivity contribution is 0.0910. The van der Waals surface area contributed by atoms with Gasteiger partial charge < -0.3 is 10.4 Å². The Morgan fingerprint density at radius 3 is 2.75 bits per heavy atom. The Hall–Kier alpha value is -1.42. The molecule has 0 spiro atoms. The summed E-state index contributed by atoms with van der Waals surface area (Å²) >= 11 is 0. The molecule has 4 nitrogen and oxygen atoms in total. The number of pyridine rings is 1. The fourth-order valence-corrected chi connectivity index (χ4v) is 1.16. The van der Waals surface area contributed by atoms with E-state index in [9.17, 15) is 4.79 Å². The minimum Gasteiger partial charge on any atom is -0.396 e. The van der Waals surface area contributed by atoms with Gasteiger partial charge in [-0.2, -0.15) is 0 Å². The van der Waals surface area contributed by atoms with Gasteiger partial charge in [0.2, 0.25) is 0 Å². The van der Waals surface area contributed by atoms with E-state index in [4.69, 9.17) is 5.11 Å². The fraction of sp³-hybridized carbons (Fsp3) is 0.500. The summed E-state index contributed by atoms with van der Waals surface area (Å²) in [5.41, 5.74) is 1.20. The van der Waals surface area contributed by atoms with Crippen LogP contribution in [0.3, 0.4) is 0 Å². The number of aryl methyl sites for hydroxylation is 1. The first-order valence-corrected chi connectivity index (χ1v) is 5.25. The van der Waals surface area contributed by atoms with Gasteiger partial charge in [-0.1, -0.05) is 13.8 Å². The molecule has 1 aromatic rings. The number of nitrogens with one attached hydrogen (secondary N) is 1. The molecular formula is C12H18N2O2. The van der Waals surface area contributed by atoms with E-state index in [-0.39, 0.29) is 17.9 Å². The SMILES string of the molecule is Cc1cncc(C(=O)NCC(C)(C)CO)c1. The Labute approximate surface area is 95.7 Å². The number of hydrogen-bond acceptors (Lipinski definition) is 3. The lowest BCUT2D eigenvalue weighted by Crippen LogP contribution is -2.36. The molecule has 0 atom stereocenters. The minimum atomic E-state index is -0.299. The van der Waals surface area contributed by atoms with Crippen molar-refractivity contribution in [1.29, 1.82) is 0 Å². The number of nitrogens with zero attached hydrogens (tertiary/aromatic N) is 1. The van der Waals surface area contributed by atoms with Crippen LogP contribution in [0.25, 0.3) is 0 Å². The van der Waals surface area contributed by atoms with Gasteiger partial charge in [0.05, 0.1) is 5.56 Å². The molecule has 0 radical (unpaired) electrons. The van der Waals surface area contributed by atoms with E-state index in [0.29, 0.717) is 12.1 Å². The summed E-state index contributed by atoms with van der Waals surface area (Å²) in [5.74, 6) is -0.155. The monoisotopic (exact) mass is 222 g/mol. The first-order valence-electron chi connectivity index (χ1n) is 5.25. The number of rotatable bonds is 4. The van der Waals surface area contributed by atoms with Crippen LogP contribution in [0.1, 0.15) is 29.8 Å². The average Bonchev–Trinajstić information content (AvgIpc) is 2.26. The molecule has 1 rings (SSSR count). The first kappa shape index (κ1) is 12.6. The number of carbonyl (C=O) groups is 1. The summed E-state index contributed by atoms with van der Waals surface area (Å²) in [5, 5.41) is 11.8. The van der Waals surface area contributed by atoms with Crippen LogP contribution in [0, 0.1) is 12.3 Å². The molecular weight excluding hydrogens is 204 g/mol. The summed E-state index contributed by atoms with van der Waals surface area (Å²) in [7, 11) is 0. The van der Waals surface area contributed by atoms with Gasteiger partial charge in [-0.05, 0) is 18.6 Å². The molecule has 1 amide bonds. The van der Waals surface area contributed by atoms with Crippen LogP contribution in [-0.2, 0) is 0 Å². The highest BCUT2D eigenvalue weighted by molar-refractivity contribution is 5.94. The average molecular weight is 222 g/mol. The predicted octanol–water partition coefficient (Wildman–Crippen LogP) is 1.14. The zero-order valence-corrected chi connectivity index (χ0v) is 9.95. The van der Waals surface area contributed by atoms with E-state index in [1.807, 2.05) is 20.8 Å². The zero-order chi connectivity index (χ0) is 12.2. The molecule has 1 aromatic heterocycles. The minimum absolute atomic E-state index is 0.0410. The standard InChI is InChI=1S/C12H18N2O2/c1-9-4-10(6-13-5-9)11(16)14-7-12(2,3)8-15/h4-6,15H,7-8H2,1-3H3,(H,14,16). The maximum Gasteiger partial charge on any atom is 0.252 e. The van der Waals surface area contributed by atoms with Gasteiger partial charge in [0, 0.05) is 31.0 Å². The number of carbonyl (C=O) groups excluding carboxylic acids is 1. The molecule has 0 saturated heterocycles. The summed E-state index contributed by atoms with van der Waals surface area (Å²) in [6, 6.07) is 1.79. The summed E-state index contributed by atoms with van der Waals surface area (Å²) in [4.78, 5) is 15.7. The molecule has 0 unspecified atom stereocenters. The zero-order valence-electron chi connectivity index (χ0n) is 9.95. The first-order chi connectivity index (χ1) is 7.44. The number of amides is 1. The van der Waals surface area contributed by atoms with Crippen molar-refractivity contribution < 1.29 is 9.90 Å². The Morgan fingerprint density at radius 1 is 1.50 bits per heavy atom. The van der Waals surface area contributed by atoms with Crippen molar-refractivity contribution in [3.8, 4) is 0 Å². The van der Waals surface area contributed by atoms with Gasteiger partial charge in [0.15, 0.2) is 0 Å². The van der Waals surface area contributed by atoms with Crippen LogP contribution >= 0.6 is 0 Å². The lowest BCUT2D eigenvalue weighted by atomic mass is 9.95. The number of hydrogen-bond donors (Lipinski definition) is 2. The normalized spacial score (nSPS) is 11.2. The van der Waals surface area contributed by atoms with Gasteiger partial charge in [0.25, 0.3) is 5.91 Å². The van der Waals surface area contributed by atoms with E-state index in [0.717, 1.165) is 5.56 Å². The van der Waals surface area contributed by atoms with Crippen molar-refractivity contribution >= 4 is 5.91 Å². The van der Waals surface area contributed by atoms with Crippen LogP contribution < -0.4 is 5.32 Å². The smallest absolute Gasteiger partial charge is 0.252 e. The third-order valence-electron chi connectivity index (χ3n) is 2.29. The second-order valence-electron chi connectivity index (χ2n) is 4.76. The largest absolute Gasteiger partial charge is 0.396 e. The maximum atomic E-state index is 11.7. The molecule has 0 saturated carbocycles. The van der Waals surface area contributed by atoms with Crippen molar-refractivity contribution in [2.45, 2.75) is 20.8 Å². The third kappa shape index (κ3) is 3.62. The van der Waals surface area contributed by atoms with Crippen LogP contribution in [0.4, 0.5) is 0 Å². The number of aliphatic hydroxyl groups is 1. The molecule has 0 aliphatic rings. The molecule has 0 aliphatic carbocycles. The molecule has 0 fully saturated rings. The van der Waals surface area contributed by atoms with Crippen LogP contribution in [0.15, 0.2) is 18.5 Å². The van der Waals surface area contributed by atoms with Gasteiger partial charge in [-0.15, -0.1) is 0 Å². The number of aromatic nitrogens is 1. The van der Waals surface area contributed by atoms with Crippen LogP contribution in [0.5, 0.6) is 0 Å². The Kier molecular flexibility index (Phi) is 4.01. The van der Waals surface area contributed by atoms with Crippen molar-refractivity contribution in [2.24, 2.45) is 5.41 Å². The molecule has 1 heterocycles. The second-order valence-corrected chi connectivity index (χ2v) is 4.76. The summed E-state index contributed by atoms with van der Waals surface area (Å²) in [6.07, 6.45) is 3.24. The highest BCUT2D eigenvalue weighted by Gasteiger charge is 2.17. The quantitative estimate of drug-likeness (QED) is 0.803. The van der Waals surface area contributed by atoms with E-state index in [2.05, 4.69) is 10.3 Å². The van der Waals surface area contributed by atoms with Crippen molar-refractivity contribution in [3.05, 3.63) is 29.6 Å². The third-order valence-corrected chi connectivity index (χ3v) is 2.29. The van der Waals surface area contributed by atoms with E-state index >= 15 is 0 Å². The second kappa shape index (κ2) is 5.07. The van der Waals surface area contributed by atoms with Gasteiger partial charge in [-0.25, -0.2) is 0 Å². The Morgan fingerprint density at radius 2 is 2.19 bits per heavy atom. The fourth-order valence-electron chi connectivity index (χ4n) is 1.16. The highest BCUT2D eigenvalue weighted by atomic mass is 16.3. The van der Waals surface area contributed by atoms with Gasteiger partial charge >= 0.3 is 0 Å². The molecule has 4 heteroatoms. The highest BCUT2D eigenvalue weighted by Crippen LogP contribution is 2.11. The van der Waals surface area contributed by atoms with Gasteiger partial charge in [0.1, 0.15) is 0 Å². The van der Waals surface area contributed by atoms with Gasteiger partial charge in [-0.3, -0.25) is 9.78 Å². The summed E-state index contributed by atoms with van der Waals surface area (Å²) < 4.78 is 0. The molecule has 2 N–H and O–H groups in total. The molecule has 0 aromatic carbocycles. The van der Waals surface area contributed by atoms with E-state index < -0.39 is 0 Å². The topological polar surface area (TPSA) is 62.2 Å². The molecule has 16 heavy (non-hydrogen) atoms. The Balaban J connectivity index is 2.60. The number of aliphatic hydroxyl groups excluding tert-OH is 1. The van der Waals surface area contributed by atoms with Crippen molar-refractivity contribution in [3.63, 3.8) is 0 Å². The van der Waals surface area contributed by atoms with E-state index in [1.165, 1.54) is 6.20 Å². The van der Waals surface area contributed by atoms with Crippen LogP contribution in [-0.4, -0.2) is 29.1 Å². The van der Waals surface area contributed by atoms with E-state index in [1.54, 1.807) is 12.3 Å². The lowest BCUT2D eigenvalue weighted by Gasteiger charge is -2.21. The molecule has 88 valence electrons. The van der Waals surface area contributed by atoms with Crippen molar-refractivity contribution in [1.82, 2.24) is 10.3 Å².